The Morgan fingerprint density at radius 1 is 1.16 bits per heavy atom. The van der Waals surface area contributed by atoms with Crippen LogP contribution in [0, 0.1) is 0 Å². The molecule has 0 atom stereocenters. The van der Waals surface area contributed by atoms with Crippen LogP contribution in [0.3, 0.4) is 0 Å². The van der Waals surface area contributed by atoms with E-state index in [0.717, 1.165) is 29.1 Å². The van der Waals surface area contributed by atoms with Crippen molar-refractivity contribution in [2.75, 3.05) is 6.54 Å². The van der Waals surface area contributed by atoms with Crippen LogP contribution in [0.15, 0.2) is 67.1 Å². The largest absolute Gasteiger partial charge is 0.387 e. The highest BCUT2D eigenvalue weighted by Crippen LogP contribution is 2.28. The van der Waals surface area contributed by atoms with Crippen molar-refractivity contribution in [1.82, 2.24) is 25.1 Å². The van der Waals surface area contributed by atoms with Gasteiger partial charge in [-0.2, -0.15) is 5.10 Å². The Bertz CT molecular complexity index is 943. The van der Waals surface area contributed by atoms with Gasteiger partial charge in [-0.25, -0.2) is 9.97 Å². The maximum absolute atomic E-state index is 5.98. The van der Waals surface area contributed by atoms with Crippen molar-refractivity contribution < 1.29 is 0 Å². The molecule has 0 amide bonds. The van der Waals surface area contributed by atoms with Crippen molar-refractivity contribution in [3.05, 3.63) is 83.7 Å². The van der Waals surface area contributed by atoms with Crippen LogP contribution in [-0.4, -0.2) is 26.3 Å². The third kappa shape index (κ3) is 3.46. The molecule has 0 bridgehead atoms. The molecule has 1 aliphatic rings. The van der Waals surface area contributed by atoms with Gasteiger partial charge in [0.2, 0.25) is 5.28 Å². The van der Waals surface area contributed by atoms with E-state index in [4.69, 9.17) is 16.7 Å². The molecule has 1 N–H and O–H groups in total. The van der Waals surface area contributed by atoms with Gasteiger partial charge in [0.1, 0.15) is 0 Å². The van der Waals surface area contributed by atoms with Gasteiger partial charge in [0.05, 0.1) is 17.9 Å². The second-order valence-corrected chi connectivity index (χ2v) is 6.06. The SMILES string of the molecule is Clc1nccc(-c2cn(Cc3ccccc3)nc2C2=CC=CNC2)n1. The van der Waals surface area contributed by atoms with Gasteiger partial charge in [0, 0.05) is 24.5 Å². The molecule has 0 unspecified atom stereocenters. The minimum atomic E-state index is 0.231. The van der Waals surface area contributed by atoms with Crippen LogP contribution in [0.4, 0.5) is 0 Å². The molecule has 2 aromatic heterocycles. The minimum Gasteiger partial charge on any atom is -0.387 e. The summed E-state index contributed by atoms with van der Waals surface area (Å²) in [6, 6.07) is 12.1. The molecule has 6 heteroatoms. The fourth-order valence-electron chi connectivity index (χ4n) is 2.81. The van der Waals surface area contributed by atoms with E-state index in [0.29, 0.717) is 6.54 Å². The zero-order chi connectivity index (χ0) is 17.1. The molecule has 3 heterocycles. The first-order chi connectivity index (χ1) is 12.3. The van der Waals surface area contributed by atoms with Crippen molar-refractivity contribution >= 4 is 17.2 Å². The number of rotatable bonds is 4. The van der Waals surface area contributed by atoms with Gasteiger partial charge < -0.3 is 5.32 Å². The molecular weight excluding hydrogens is 334 g/mol. The van der Waals surface area contributed by atoms with Crippen molar-refractivity contribution in [3.63, 3.8) is 0 Å². The summed E-state index contributed by atoms with van der Waals surface area (Å²) < 4.78 is 1.94. The lowest BCUT2D eigenvalue weighted by molar-refractivity contribution is 0.683. The molecule has 5 nitrogen and oxygen atoms in total. The lowest BCUT2D eigenvalue weighted by Gasteiger charge is -2.10. The summed E-state index contributed by atoms with van der Waals surface area (Å²) in [6.45, 7) is 1.42. The van der Waals surface area contributed by atoms with Crippen LogP contribution in [0.2, 0.25) is 5.28 Å². The molecule has 0 fully saturated rings. The second kappa shape index (κ2) is 6.91. The highest BCUT2D eigenvalue weighted by atomic mass is 35.5. The Hall–Kier alpha value is -2.92. The van der Waals surface area contributed by atoms with Crippen molar-refractivity contribution in [2.24, 2.45) is 0 Å². The first-order valence-corrected chi connectivity index (χ1v) is 8.37. The smallest absolute Gasteiger partial charge is 0.222 e. The summed E-state index contributed by atoms with van der Waals surface area (Å²) in [7, 11) is 0. The van der Waals surface area contributed by atoms with E-state index in [2.05, 4.69) is 33.5 Å². The van der Waals surface area contributed by atoms with E-state index in [1.165, 1.54) is 5.56 Å². The van der Waals surface area contributed by atoms with E-state index in [1.807, 2.05) is 47.4 Å². The van der Waals surface area contributed by atoms with Crippen LogP contribution in [0.5, 0.6) is 0 Å². The molecule has 4 rings (SSSR count). The van der Waals surface area contributed by atoms with Crippen molar-refractivity contribution in [3.8, 4) is 11.3 Å². The number of benzene rings is 1. The zero-order valence-electron chi connectivity index (χ0n) is 13.4. The van der Waals surface area contributed by atoms with Crippen LogP contribution < -0.4 is 5.32 Å². The monoisotopic (exact) mass is 349 g/mol. The van der Waals surface area contributed by atoms with Gasteiger partial charge in [-0.3, -0.25) is 4.68 Å². The van der Waals surface area contributed by atoms with Crippen LogP contribution in [-0.2, 0) is 6.54 Å². The third-order valence-corrected chi connectivity index (χ3v) is 4.14. The molecule has 124 valence electrons. The topological polar surface area (TPSA) is 55.6 Å². The number of aromatic nitrogens is 4. The summed E-state index contributed by atoms with van der Waals surface area (Å²) in [5.41, 5.74) is 4.93. The number of hydrogen-bond acceptors (Lipinski definition) is 4. The average Bonchev–Trinajstić information content (AvgIpc) is 3.07. The van der Waals surface area contributed by atoms with Crippen molar-refractivity contribution in [1.29, 1.82) is 0 Å². The van der Waals surface area contributed by atoms with Gasteiger partial charge >= 0.3 is 0 Å². The van der Waals surface area contributed by atoms with Gasteiger partial charge in [-0.1, -0.05) is 36.4 Å². The maximum atomic E-state index is 5.98. The van der Waals surface area contributed by atoms with Crippen LogP contribution >= 0.6 is 11.6 Å². The first-order valence-electron chi connectivity index (χ1n) is 7.99. The van der Waals surface area contributed by atoms with Crippen molar-refractivity contribution in [2.45, 2.75) is 6.54 Å². The van der Waals surface area contributed by atoms with Gasteiger partial charge in [-0.05, 0) is 41.1 Å². The molecule has 0 saturated carbocycles. The van der Waals surface area contributed by atoms with E-state index in [9.17, 15) is 0 Å². The summed E-state index contributed by atoms with van der Waals surface area (Å²) in [5.74, 6) is 0. The molecule has 0 radical (unpaired) electrons. The lowest BCUT2D eigenvalue weighted by Crippen LogP contribution is -2.13. The number of halogens is 1. The molecule has 0 aliphatic carbocycles. The second-order valence-electron chi connectivity index (χ2n) is 5.72. The minimum absolute atomic E-state index is 0.231. The lowest BCUT2D eigenvalue weighted by atomic mass is 10.0. The number of allylic oxidation sites excluding steroid dienone is 2. The molecule has 0 spiro atoms. The predicted octanol–water partition coefficient (Wildman–Crippen LogP) is 3.54. The fourth-order valence-corrected chi connectivity index (χ4v) is 2.95. The molecular formula is C19H16ClN5. The molecule has 25 heavy (non-hydrogen) atoms. The Morgan fingerprint density at radius 2 is 2.04 bits per heavy atom. The molecule has 3 aromatic rings. The normalized spacial score (nSPS) is 13.4. The third-order valence-electron chi connectivity index (χ3n) is 3.96. The molecule has 0 saturated heterocycles. The predicted molar refractivity (Wildman–Crippen MR) is 98.9 cm³/mol. The van der Waals surface area contributed by atoms with Crippen LogP contribution in [0.1, 0.15) is 11.3 Å². The summed E-state index contributed by atoms with van der Waals surface area (Å²) in [5, 5.41) is 8.26. The summed E-state index contributed by atoms with van der Waals surface area (Å²) >= 11 is 5.98. The molecule has 1 aromatic carbocycles. The Labute approximate surface area is 150 Å². The number of nitrogens with one attached hydrogen (secondary N) is 1. The van der Waals surface area contributed by atoms with E-state index < -0.39 is 0 Å². The van der Waals surface area contributed by atoms with E-state index >= 15 is 0 Å². The zero-order valence-corrected chi connectivity index (χ0v) is 14.2. The van der Waals surface area contributed by atoms with Gasteiger partial charge in [-0.15, -0.1) is 0 Å². The highest BCUT2D eigenvalue weighted by molar-refractivity contribution is 6.28. The van der Waals surface area contributed by atoms with E-state index in [-0.39, 0.29) is 5.28 Å². The standard InChI is InChI=1S/C19H16ClN5/c20-19-22-10-8-17(23-19)16-13-25(12-14-5-2-1-3-6-14)24-18(16)15-7-4-9-21-11-15/h1-10,13,21H,11-12H2. The molecule has 1 aliphatic heterocycles. The summed E-state index contributed by atoms with van der Waals surface area (Å²) in [4.78, 5) is 8.33. The fraction of sp³-hybridized carbons (Fsp3) is 0.105. The summed E-state index contributed by atoms with van der Waals surface area (Å²) in [6.07, 6.45) is 9.64. The van der Waals surface area contributed by atoms with Gasteiger partial charge in [0.25, 0.3) is 0 Å². The Balaban J connectivity index is 1.77. The number of dihydropyridines is 1. The number of hydrogen-bond donors (Lipinski definition) is 1. The van der Waals surface area contributed by atoms with E-state index in [1.54, 1.807) is 6.20 Å². The first kappa shape index (κ1) is 15.6. The quantitative estimate of drug-likeness (QED) is 0.732. The Kier molecular flexibility index (Phi) is 4.31. The highest BCUT2D eigenvalue weighted by Gasteiger charge is 2.17. The maximum Gasteiger partial charge on any atom is 0.222 e. The Morgan fingerprint density at radius 3 is 2.80 bits per heavy atom. The van der Waals surface area contributed by atoms with Gasteiger partial charge in [0.15, 0.2) is 0 Å². The average molecular weight is 350 g/mol. The van der Waals surface area contributed by atoms with Crippen LogP contribution in [0.25, 0.3) is 16.8 Å². The number of nitrogens with zero attached hydrogens (tertiary/aromatic N) is 4.